The molecule has 0 N–H and O–H groups in total. The fourth-order valence-corrected chi connectivity index (χ4v) is 4.86. The number of esters is 1. The van der Waals surface area contributed by atoms with E-state index in [9.17, 15) is 13.2 Å². The first-order chi connectivity index (χ1) is 13.0. The summed E-state index contributed by atoms with van der Waals surface area (Å²) in [6.45, 7) is 2.56. The first-order valence-corrected chi connectivity index (χ1v) is 10.6. The van der Waals surface area contributed by atoms with Crippen molar-refractivity contribution >= 4 is 26.8 Å². The Kier molecular flexibility index (Phi) is 4.43. The lowest BCUT2D eigenvalue weighted by Crippen LogP contribution is -2.19. The molecule has 1 atom stereocenters. The van der Waals surface area contributed by atoms with Gasteiger partial charge in [0, 0.05) is 12.1 Å². The van der Waals surface area contributed by atoms with Gasteiger partial charge in [-0.1, -0.05) is 30.3 Å². The number of nitrogens with zero attached hydrogens (tertiary/aromatic N) is 3. The van der Waals surface area contributed by atoms with Crippen LogP contribution < -0.4 is 0 Å². The summed E-state index contributed by atoms with van der Waals surface area (Å²) in [5.41, 5.74) is 2.47. The van der Waals surface area contributed by atoms with Crippen LogP contribution in [0.5, 0.6) is 0 Å². The number of sulfone groups is 1. The second kappa shape index (κ2) is 6.77. The van der Waals surface area contributed by atoms with Crippen LogP contribution in [-0.4, -0.2) is 46.8 Å². The van der Waals surface area contributed by atoms with Gasteiger partial charge in [0.2, 0.25) is 0 Å². The van der Waals surface area contributed by atoms with Gasteiger partial charge in [0.05, 0.1) is 34.3 Å². The van der Waals surface area contributed by atoms with Crippen molar-refractivity contribution in [1.82, 2.24) is 14.8 Å². The zero-order chi connectivity index (χ0) is 19.0. The number of carbonyl (C=O) groups excluding carboxylic acids is 1. The Balaban J connectivity index is 1.76. The maximum absolute atomic E-state index is 12.8. The SMILES string of the molecule is CCn1ncc2c(C(=O)O[C@@H]3CCS(=O)(=O)C3)cc(-c3ccccc3)nc21. The Labute approximate surface area is 156 Å². The van der Waals surface area contributed by atoms with Crippen LogP contribution in [0.4, 0.5) is 0 Å². The molecular weight excluding hydrogens is 366 g/mol. The molecule has 1 aliphatic heterocycles. The van der Waals surface area contributed by atoms with Crippen LogP contribution in [0.15, 0.2) is 42.6 Å². The largest absolute Gasteiger partial charge is 0.458 e. The van der Waals surface area contributed by atoms with Crippen molar-refractivity contribution in [1.29, 1.82) is 0 Å². The molecule has 0 radical (unpaired) electrons. The molecule has 1 aliphatic rings. The van der Waals surface area contributed by atoms with E-state index in [1.807, 2.05) is 37.3 Å². The van der Waals surface area contributed by atoms with E-state index in [2.05, 4.69) is 10.1 Å². The fourth-order valence-electron chi connectivity index (χ4n) is 3.27. The van der Waals surface area contributed by atoms with Gasteiger partial charge >= 0.3 is 5.97 Å². The monoisotopic (exact) mass is 385 g/mol. The van der Waals surface area contributed by atoms with Gasteiger partial charge in [-0.2, -0.15) is 5.10 Å². The molecular formula is C19H19N3O4S. The summed E-state index contributed by atoms with van der Waals surface area (Å²) in [6, 6.07) is 11.2. The highest BCUT2D eigenvalue weighted by molar-refractivity contribution is 7.91. The molecule has 1 fully saturated rings. The minimum atomic E-state index is -3.12. The smallest absolute Gasteiger partial charge is 0.339 e. The van der Waals surface area contributed by atoms with Crippen LogP contribution in [-0.2, 0) is 21.1 Å². The summed E-state index contributed by atoms with van der Waals surface area (Å²) in [7, 11) is -3.12. The third-order valence-corrected chi connectivity index (χ3v) is 6.40. The molecule has 3 aromatic rings. The molecule has 4 rings (SSSR count). The average Bonchev–Trinajstić information content (AvgIpc) is 3.23. The van der Waals surface area contributed by atoms with Crippen LogP contribution in [0.1, 0.15) is 23.7 Å². The van der Waals surface area contributed by atoms with E-state index < -0.39 is 21.9 Å². The number of hydrogen-bond donors (Lipinski definition) is 0. The maximum atomic E-state index is 12.8. The lowest BCUT2D eigenvalue weighted by Gasteiger charge is -2.12. The predicted molar refractivity (Wildman–Crippen MR) is 101 cm³/mol. The van der Waals surface area contributed by atoms with Gasteiger partial charge in [-0.25, -0.2) is 22.9 Å². The highest BCUT2D eigenvalue weighted by Gasteiger charge is 2.31. The number of pyridine rings is 1. The molecule has 7 nitrogen and oxygen atoms in total. The minimum Gasteiger partial charge on any atom is -0.458 e. The van der Waals surface area contributed by atoms with E-state index >= 15 is 0 Å². The normalized spacial score (nSPS) is 18.6. The van der Waals surface area contributed by atoms with E-state index in [0.717, 1.165) is 5.56 Å². The van der Waals surface area contributed by atoms with E-state index in [4.69, 9.17) is 4.74 Å². The molecule has 3 heterocycles. The summed E-state index contributed by atoms with van der Waals surface area (Å²) < 4.78 is 30.5. The molecule has 8 heteroatoms. The highest BCUT2D eigenvalue weighted by Crippen LogP contribution is 2.26. The molecule has 27 heavy (non-hydrogen) atoms. The molecule has 0 unspecified atom stereocenters. The number of ether oxygens (including phenoxy) is 1. The molecule has 2 aromatic heterocycles. The van der Waals surface area contributed by atoms with Crippen LogP contribution in [0.3, 0.4) is 0 Å². The molecule has 0 bridgehead atoms. The third kappa shape index (κ3) is 3.44. The molecule has 1 aromatic carbocycles. The van der Waals surface area contributed by atoms with E-state index in [1.165, 1.54) is 0 Å². The lowest BCUT2D eigenvalue weighted by atomic mass is 10.1. The van der Waals surface area contributed by atoms with Gasteiger partial charge in [0.15, 0.2) is 15.5 Å². The summed E-state index contributed by atoms with van der Waals surface area (Å²) >= 11 is 0. The number of benzene rings is 1. The zero-order valence-electron chi connectivity index (χ0n) is 14.8. The predicted octanol–water partition coefficient (Wildman–Crippen LogP) is 2.46. The average molecular weight is 385 g/mol. The van der Waals surface area contributed by atoms with Gasteiger partial charge in [-0.15, -0.1) is 0 Å². The standard InChI is InChI=1S/C19H19N3O4S/c1-2-22-18-16(11-20-22)15(10-17(21-18)13-6-4-3-5-7-13)19(23)26-14-8-9-27(24,25)12-14/h3-7,10-11,14H,2,8-9,12H2,1H3/t14-/m1/s1. The van der Waals surface area contributed by atoms with Gasteiger partial charge in [0.1, 0.15) is 6.10 Å². The highest BCUT2D eigenvalue weighted by atomic mass is 32.2. The topological polar surface area (TPSA) is 91.2 Å². The first kappa shape index (κ1) is 17.7. The van der Waals surface area contributed by atoms with Crippen LogP contribution in [0.2, 0.25) is 0 Å². The van der Waals surface area contributed by atoms with Gasteiger partial charge in [0.25, 0.3) is 0 Å². The van der Waals surface area contributed by atoms with Crippen LogP contribution in [0, 0.1) is 0 Å². The number of aromatic nitrogens is 3. The maximum Gasteiger partial charge on any atom is 0.339 e. The second-order valence-corrected chi connectivity index (χ2v) is 8.78. The Morgan fingerprint density at radius 2 is 2.07 bits per heavy atom. The van der Waals surface area contributed by atoms with E-state index in [0.29, 0.717) is 35.3 Å². The minimum absolute atomic E-state index is 0.0553. The summed E-state index contributed by atoms with van der Waals surface area (Å²) in [5, 5.41) is 4.90. The van der Waals surface area contributed by atoms with Crippen molar-refractivity contribution in [3.05, 3.63) is 48.2 Å². The van der Waals surface area contributed by atoms with Crippen LogP contribution >= 0.6 is 0 Å². The number of rotatable bonds is 4. The van der Waals surface area contributed by atoms with Crippen molar-refractivity contribution in [2.75, 3.05) is 11.5 Å². The molecule has 140 valence electrons. The molecule has 0 aliphatic carbocycles. The van der Waals surface area contributed by atoms with Crippen molar-refractivity contribution in [2.45, 2.75) is 26.0 Å². The summed E-state index contributed by atoms with van der Waals surface area (Å²) in [6.07, 6.45) is 1.33. The Hall–Kier alpha value is -2.74. The number of hydrogen-bond acceptors (Lipinski definition) is 6. The Morgan fingerprint density at radius 3 is 2.74 bits per heavy atom. The summed E-state index contributed by atoms with van der Waals surface area (Å²) in [5.74, 6) is -0.607. The molecule has 0 spiro atoms. The third-order valence-electron chi connectivity index (χ3n) is 4.66. The van der Waals surface area contributed by atoms with Gasteiger partial charge in [-0.3, -0.25) is 0 Å². The Morgan fingerprint density at radius 1 is 1.30 bits per heavy atom. The van der Waals surface area contributed by atoms with Crippen molar-refractivity contribution < 1.29 is 17.9 Å². The molecule has 0 amide bonds. The number of carbonyl (C=O) groups is 1. The second-order valence-electron chi connectivity index (χ2n) is 6.55. The van der Waals surface area contributed by atoms with Gasteiger partial charge < -0.3 is 4.74 Å². The van der Waals surface area contributed by atoms with Crippen LogP contribution in [0.25, 0.3) is 22.3 Å². The van der Waals surface area contributed by atoms with E-state index in [1.54, 1.807) is 16.9 Å². The fraction of sp³-hybridized carbons (Fsp3) is 0.316. The molecule has 0 saturated carbocycles. The lowest BCUT2D eigenvalue weighted by molar-refractivity contribution is 0.0358. The zero-order valence-corrected chi connectivity index (χ0v) is 15.6. The number of aryl methyl sites for hydroxylation is 1. The van der Waals surface area contributed by atoms with Gasteiger partial charge in [-0.05, 0) is 19.4 Å². The first-order valence-electron chi connectivity index (χ1n) is 8.80. The van der Waals surface area contributed by atoms with E-state index in [-0.39, 0.29) is 11.5 Å². The van der Waals surface area contributed by atoms with Crippen molar-refractivity contribution in [2.24, 2.45) is 0 Å². The quantitative estimate of drug-likeness (QED) is 0.641. The van der Waals surface area contributed by atoms with Crippen molar-refractivity contribution in [3.8, 4) is 11.3 Å². The number of fused-ring (bicyclic) bond motifs is 1. The molecule has 1 saturated heterocycles. The van der Waals surface area contributed by atoms with Crippen molar-refractivity contribution in [3.63, 3.8) is 0 Å². The Bertz CT molecular complexity index is 1110. The summed E-state index contributed by atoms with van der Waals surface area (Å²) in [4.78, 5) is 17.5.